The summed E-state index contributed by atoms with van der Waals surface area (Å²) in [6.07, 6.45) is 4.27. The molecule has 0 radical (unpaired) electrons. The molecule has 21 heavy (non-hydrogen) atoms. The van der Waals surface area contributed by atoms with Gasteiger partial charge in [-0.15, -0.1) is 0 Å². The summed E-state index contributed by atoms with van der Waals surface area (Å²) >= 11 is 0. The zero-order valence-electron chi connectivity index (χ0n) is 13.3. The Morgan fingerprint density at radius 2 is 2.05 bits per heavy atom. The predicted molar refractivity (Wildman–Crippen MR) is 86.0 cm³/mol. The quantitative estimate of drug-likeness (QED) is 0.892. The van der Waals surface area contributed by atoms with Gasteiger partial charge in [0.15, 0.2) is 0 Å². The second-order valence-corrected chi connectivity index (χ2v) is 7.79. The van der Waals surface area contributed by atoms with Crippen LogP contribution in [0.5, 0.6) is 0 Å². The fourth-order valence-electron chi connectivity index (χ4n) is 4.82. The monoisotopic (exact) mass is 286 g/mol. The fraction of sp³-hybridized carbons (Fsp3) is 0.611. The van der Waals surface area contributed by atoms with Gasteiger partial charge in [0.2, 0.25) is 5.91 Å². The van der Waals surface area contributed by atoms with E-state index in [1.165, 1.54) is 19.3 Å². The average Bonchev–Trinajstić information content (AvgIpc) is 2.87. The number of amides is 1. The van der Waals surface area contributed by atoms with Crippen LogP contribution in [0.15, 0.2) is 24.3 Å². The van der Waals surface area contributed by atoms with E-state index in [9.17, 15) is 4.79 Å². The topological polar surface area (TPSA) is 55.1 Å². The van der Waals surface area contributed by atoms with Gasteiger partial charge in [-0.1, -0.05) is 39.0 Å². The Morgan fingerprint density at radius 3 is 2.67 bits per heavy atom. The summed E-state index contributed by atoms with van der Waals surface area (Å²) in [5.74, 6) is 0.533. The van der Waals surface area contributed by atoms with Crippen molar-refractivity contribution in [2.75, 3.05) is 5.32 Å². The van der Waals surface area contributed by atoms with E-state index in [1.54, 1.807) is 0 Å². The first-order valence-electron chi connectivity index (χ1n) is 7.96. The molecule has 0 heterocycles. The summed E-state index contributed by atoms with van der Waals surface area (Å²) in [6, 6.07) is 8.52. The number of nitrogens with one attached hydrogen (secondary N) is 1. The van der Waals surface area contributed by atoms with E-state index in [1.807, 2.05) is 18.2 Å². The van der Waals surface area contributed by atoms with Crippen LogP contribution in [0.4, 0.5) is 5.69 Å². The summed E-state index contributed by atoms with van der Waals surface area (Å²) in [5, 5.41) is 3.77. The molecule has 0 aromatic heterocycles. The predicted octanol–water partition coefficient (Wildman–Crippen LogP) is 3.34. The van der Waals surface area contributed by atoms with Crippen LogP contribution in [0.25, 0.3) is 0 Å². The van der Waals surface area contributed by atoms with Gasteiger partial charge in [-0.3, -0.25) is 4.79 Å². The van der Waals surface area contributed by atoms with Crippen LogP contribution in [0.2, 0.25) is 0 Å². The molecule has 1 amide bonds. The van der Waals surface area contributed by atoms with Gasteiger partial charge < -0.3 is 11.1 Å². The molecule has 3 nitrogen and oxygen atoms in total. The molecule has 1 aromatic carbocycles. The number of para-hydroxylation sites is 1. The largest absolute Gasteiger partial charge is 0.381 e. The summed E-state index contributed by atoms with van der Waals surface area (Å²) in [7, 11) is 0. The van der Waals surface area contributed by atoms with E-state index >= 15 is 0 Å². The van der Waals surface area contributed by atoms with Crippen LogP contribution < -0.4 is 11.1 Å². The van der Waals surface area contributed by atoms with Gasteiger partial charge in [-0.25, -0.2) is 0 Å². The van der Waals surface area contributed by atoms with Crippen LogP contribution in [-0.2, 0) is 11.2 Å². The summed E-state index contributed by atoms with van der Waals surface area (Å²) in [6.45, 7) is 7.18. The molecule has 3 heteroatoms. The van der Waals surface area contributed by atoms with Crippen molar-refractivity contribution >= 4 is 11.6 Å². The standard InChI is InChI=1S/C18H26N2O/c1-17(2)13-8-9-18(3,11-13)16(17)20-14-7-5-4-6-12(14)10-15(19)21/h4-7,13,16,20H,8-11H2,1-3H3,(H2,19,21). The van der Waals surface area contributed by atoms with Gasteiger partial charge >= 0.3 is 0 Å². The number of primary amides is 1. The van der Waals surface area contributed by atoms with Gasteiger partial charge in [-0.2, -0.15) is 0 Å². The molecule has 0 aliphatic heterocycles. The minimum atomic E-state index is -0.275. The Bertz CT molecular complexity index is 561. The van der Waals surface area contributed by atoms with Crippen molar-refractivity contribution in [2.24, 2.45) is 22.5 Å². The first kappa shape index (κ1) is 14.4. The lowest BCUT2D eigenvalue weighted by Gasteiger charge is -2.44. The number of fused-ring (bicyclic) bond motifs is 2. The third-order valence-corrected chi connectivity index (χ3v) is 5.95. The first-order valence-corrected chi connectivity index (χ1v) is 7.96. The number of hydrogen-bond donors (Lipinski definition) is 2. The molecule has 3 atom stereocenters. The molecule has 1 aromatic rings. The van der Waals surface area contributed by atoms with Crippen LogP contribution in [0.3, 0.4) is 0 Å². The number of benzene rings is 1. The molecule has 0 spiro atoms. The van der Waals surface area contributed by atoms with E-state index in [0.717, 1.165) is 17.2 Å². The number of hydrogen-bond acceptors (Lipinski definition) is 2. The molecule has 2 fully saturated rings. The highest BCUT2D eigenvalue weighted by Crippen LogP contribution is 2.63. The molecule has 2 aliphatic rings. The molecule has 3 rings (SSSR count). The van der Waals surface area contributed by atoms with E-state index in [4.69, 9.17) is 5.73 Å². The van der Waals surface area contributed by atoms with Crippen molar-refractivity contribution in [3.63, 3.8) is 0 Å². The van der Waals surface area contributed by atoms with Gasteiger partial charge in [-0.05, 0) is 47.6 Å². The first-order chi connectivity index (χ1) is 9.83. The third-order valence-electron chi connectivity index (χ3n) is 5.95. The molecule has 2 aliphatic carbocycles. The number of carbonyl (C=O) groups is 1. The average molecular weight is 286 g/mol. The van der Waals surface area contributed by atoms with Crippen molar-refractivity contribution in [3.8, 4) is 0 Å². The summed E-state index contributed by atoms with van der Waals surface area (Å²) in [4.78, 5) is 11.3. The van der Waals surface area contributed by atoms with E-state index < -0.39 is 0 Å². The zero-order valence-corrected chi connectivity index (χ0v) is 13.3. The molecule has 3 N–H and O–H groups in total. The smallest absolute Gasteiger partial charge is 0.221 e. The number of nitrogens with two attached hydrogens (primary N) is 1. The fourth-order valence-corrected chi connectivity index (χ4v) is 4.82. The lowest BCUT2D eigenvalue weighted by Crippen LogP contribution is -2.46. The van der Waals surface area contributed by atoms with Crippen molar-refractivity contribution < 1.29 is 4.79 Å². The lowest BCUT2D eigenvalue weighted by molar-refractivity contribution is -0.117. The Kier molecular flexibility index (Phi) is 3.27. The van der Waals surface area contributed by atoms with Gasteiger partial charge in [0.25, 0.3) is 0 Å². The van der Waals surface area contributed by atoms with E-state index in [2.05, 4.69) is 32.2 Å². The highest BCUT2D eigenvalue weighted by molar-refractivity contribution is 5.78. The molecule has 0 saturated heterocycles. The van der Waals surface area contributed by atoms with Gasteiger partial charge in [0.05, 0.1) is 6.42 Å². The van der Waals surface area contributed by atoms with Gasteiger partial charge in [0, 0.05) is 11.7 Å². The van der Waals surface area contributed by atoms with Crippen molar-refractivity contribution in [2.45, 2.75) is 52.5 Å². The van der Waals surface area contributed by atoms with Crippen LogP contribution in [0, 0.1) is 16.7 Å². The molecule has 114 valence electrons. The number of rotatable bonds is 4. The second-order valence-electron chi connectivity index (χ2n) is 7.79. The molecular formula is C18H26N2O. The minimum absolute atomic E-state index is 0.275. The Hall–Kier alpha value is -1.51. The summed E-state index contributed by atoms with van der Waals surface area (Å²) in [5.41, 5.74) is 8.12. The van der Waals surface area contributed by atoms with E-state index in [0.29, 0.717) is 23.3 Å². The minimum Gasteiger partial charge on any atom is -0.381 e. The second kappa shape index (κ2) is 4.75. The van der Waals surface area contributed by atoms with Gasteiger partial charge in [0.1, 0.15) is 0 Å². The summed E-state index contributed by atoms with van der Waals surface area (Å²) < 4.78 is 0. The maximum absolute atomic E-state index is 11.3. The SMILES string of the molecule is CC12CCC(C1)C(C)(C)C2Nc1ccccc1CC(N)=O. The Morgan fingerprint density at radius 1 is 1.33 bits per heavy atom. The molecule has 2 bridgehead atoms. The van der Waals surface area contributed by atoms with Crippen LogP contribution in [-0.4, -0.2) is 11.9 Å². The molecule has 3 unspecified atom stereocenters. The number of anilines is 1. The molecular weight excluding hydrogens is 260 g/mol. The highest BCUT2D eigenvalue weighted by atomic mass is 16.1. The van der Waals surface area contributed by atoms with Crippen molar-refractivity contribution in [1.82, 2.24) is 0 Å². The third kappa shape index (κ3) is 2.33. The Balaban J connectivity index is 1.89. The maximum atomic E-state index is 11.3. The van der Waals surface area contributed by atoms with Crippen molar-refractivity contribution in [1.29, 1.82) is 0 Å². The van der Waals surface area contributed by atoms with Crippen LogP contribution >= 0.6 is 0 Å². The number of carbonyl (C=O) groups excluding carboxylic acids is 1. The zero-order chi connectivity index (χ0) is 15.3. The lowest BCUT2D eigenvalue weighted by atomic mass is 9.68. The maximum Gasteiger partial charge on any atom is 0.221 e. The highest BCUT2D eigenvalue weighted by Gasteiger charge is 2.59. The van der Waals surface area contributed by atoms with Crippen LogP contribution in [0.1, 0.15) is 45.6 Å². The van der Waals surface area contributed by atoms with Crippen molar-refractivity contribution in [3.05, 3.63) is 29.8 Å². The normalized spacial score (nSPS) is 33.1. The van der Waals surface area contributed by atoms with E-state index in [-0.39, 0.29) is 5.91 Å². The Labute approximate surface area is 127 Å². The molecule has 2 saturated carbocycles.